The maximum absolute atomic E-state index is 11.4. The van der Waals surface area contributed by atoms with Crippen molar-refractivity contribution in [2.24, 2.45) is 5.73 Å². The smallest absolute Gasteiger partial charge is 0.241 e. The van der Waals surface area contributed by atoms with E-state index in [9.17, 15) is 4.79 Å². The van der Waals surface area contributed by atoms with Gasteiger partial charge in [-0.25, -0.2) is 0 Å². The Morgan fingerprint density at radius 2 is 2.43 bits per heavy atom. The van der Waals surface area contributed by atoms with E-state index in [1.54, 1.807) is 25.4 Å². The zero-order chi connectivity index (χ0) is 15.2. The summed E-state index contributed by atoms with van der Waals surface area (Å²) in [6.45, 7) is 3.14. The Labute approximate surface area is 126 Å². The number of ether oxygens (including phenoxy) is 1. The summed E-state index contributed by atoms with van der Waals surface area (Å²) in [5.41, 5.74) is 5.36. The Morgan fingerprint density at radius 1 is 1.62 bits per heavy atom. The molecule has 0 aromatic carbocycles. The van der Waals surface area contributed by atoms with Gasteiger partial charge in [0, 0.05) is 13.7 Å². The first-order valence-electron chi connectivity index (χ1n) is 6.50. The number of carbonyl (C=O) groups is 1. The van der Waals surface area contributed by atoms with Crippen LogP contribution >= 0.6 is 11.3 Å². The molecular weight excluding hydrogens is 292 g/mol. The highest BCUT2D eigenvalue weighted by Crippen LogP contribution is 2.21. The van der Waals surface area contributed by atoms with Crippen LogP contribution < -0.4 is 5.73 Å². The Bertz CT molecular complexity index is 570. The van der Waals surface area contributed by atoms with E-state index in [1.165, 1.54) is 0 Å². The molecule has 114 valence electrons. The number of hydrogen-bond donors (Lipinski definition) is 1. The number of carbonyl (C=O) groups excluding carboxylic acids is 1. The summed E-state index contributed by atoms with van der Waals surface area (Å²) in [6.07, 6.45) is 0. The first-order valence-corrected chi connectivity index (χ1v) is 7.38. The van der Waals surface area contributed by atoms with Gasteiger partial charge in [-0.2, -0.15) is 4.98 Å². The number of hydrogen-bond acceptors (Lipinski definition) is 7. The second-order valence-corrected chi connectivity index (χ2v) is 5.48. The van der Waals surface area contributed by atoms with Crippen molar-refractivity contribution in [3.63, 3.8) is 0 Å². The predicted molar refractivity (Wildman–Crippen MR) is 78.6 cm³/mol. The molecule has 2 aromatic rings. The van der Waals surface area contributed by atoms with Crippen molar-refractivity contribution in [1.29, 1.82) is 0 Å². The Hall–Kier alpha value is -1.77. The van der Waals surface area contributed by atoms with Crippen LogP contribution in [0.5, 0.6) is 0 Å². The summed E-state index contributed by atoms with van der Waals surface area (Å²) in [4.78, 5) is 18.5. The van der Waals surface area contributed by atoms with E-state index >= 15 is 0 Å². The topological polar surface area (TPSA) is 94.5 Å². The number of rotatable bonds is 8. The summed E-state index contributed by atoms with van der Waals surface area (Å²) in [5, 5.41) is 5.90. The molecule has 2 aromatic heterocycles. The molecule has 0 saturated heterocycles. The maximum atomic E-state index is 11.4. The zero-order valence-corrected chi connectivity index (χ0v) is 12.8. The van der Waals surface area contributed by atoms with Gasteiger partial charge < -0.3 is 15.0 Å². The fraction of sp³-hybridized carbons (Fsp3) is 0.462. The number of methoxy groups -OCH3 is 1. The molecule has 0 aliphatic heterocycles. The number of thiophene rings is 1. The second kappa shape index (κ2) is 7.30. The number of nitrogens with two attached hydrogens (primary N) is 1. The van der Waals surface area contributed by atoms with E-state index in [0.717, 1.165) is 4.88 Å². The minimum absolute atomic E-state index is 0.353. The summed E-state index contributed by atoms with van der Waals surface area (Å²) < 4.78 is 10.3. The highest BCUT2D eigenvalue weighted by atomic mass is 32.1. The lowest BCUT2D eigenvalue weighted by Crippen LogP contribution is -2.43. The summed E-state index contributed by atoms with van der Waals surface area (Å²) in [5.74, 6) is 0.602. The van der Waals surface area contributed by atoms with Gasteiger partial charge in [0.15, 0.2) is 0 Å². The minimum Gasteiger partial charge on any atom is -0.383 e. The summed E-state index contributed by atoms with van der Waals surface area (Å²) in [7, 11) is 1.61. The van der Waals surface area contributed by atoms with Crippen molar-refractivity contribution in [3.8, 4) is 10.7 Å². The zero-order valence-electron chi connectivity index (χ0n) is 12.0. The van der Waals surface area contributed by atoms with Crippen molar-refractivity contribution >= 4 is 17.2 Å². The molecule has 0 spiro atoms. The lowest BCUT2D eigenvalue weighted by atomic mass is 10.2. The quantitative estimate of drug-likeness (QED) is 0.785. The summed E-state index contributed by atoms with van der Waals surface area (Å²) >= 11 is 1.54. The van der Waals surface area contributed by atoms with Gasteiger partial charge in [0.2, 0.25) is 17.6 Å². The van der Waals surface area contributed by atoms with Gasteiger partial charge in [0.1, 0.15) is 0 Å². The third kappa shape index (κ3) is 4.10. The van der Waals surface area contributed by atoms with E-state index in [-0.39, 0.29) is 0 Å². The van der Waals surface area contributed by atoms with Crippen LogP contribution in [-0.4, -0.2) is 47.3 Å². The van der Waals surface area contributed by atoms with Crippen LogP contribution in [0.15, 0.2) is 22.0 Å². The van der Waals surface area contributed by atoms with Crippen LogP contribution in [0.1, 0.15) is 12.8 Å². The monoisotopic (exact) mass is 310 g/mol. The van der Waals surface area contributed by atoms with E-state index in [1.807, 2.05) is 22.4 Å². The molecule has 0 fully saturated rings. The normalized spacial score (nSPS) is 12.7. The second-order valence-electron chi connectivity index (χ2n) is 4.53. The van der Waals surface area contributed by atoms with Crippen LogP contribution in [0.4, 0.5) is 0 Å². The molecule has 1 amide bonds. The predicted octanol–water partition coefficient (Wildman–Crippen LogP) is 1.12. The molecule has 2 N–H and O–H groups in total. The lowest BCUT2D eigenvalue weighted by molar-refractivity contribution is -0.123. The highest BCUT2D eigenvalue weighted by molar-refractivity contribution is 7.13. The SMILES string of the molecule is COCCN(Cc1nc(-c2cccs2)no1)C(C)C(N)=O. The molecule has 2 heterocycles. The molecule has 0 aliphatic rings. The third-order valence-electron chi connectivity index (χ3n) is 3.09. The molecule has 0 saturated carbocycles. The van der Waals surface area contributed by atoms with E-state index in [0.29, 0.717) is 31.4 Å². The average molecular weight is 310 g/mol. The molecule has 7 nitrogen and oxygen atoms in total. The van der Waals surface area contributed by atoms with Gasteiger partial charge in [-0.05, 0) is 18.4 Å². The lowest BCUT2D eigenvalue weighted by Gasteiger charge is -2.24. The fourth-order valence-electron chi connectivity index (χ4n) is 1.80. The molecule has 0 radical (unpaired) electrons. The maximum Gasteiger partial charge on any atom is 0.241 e. The first-order chi connectivity index (χ1) is 10.1. The third-order valence-corrected chi connectivity index (χ3v) is 3.96. The molecule has 1 atom stereocenters. The number of aromatic nitrogens is 2. The van der Waals surface area contributed by atoms with Gasteiger partial charge in [-0.1, -0.05) is 11.2 Å². The van der Waals surface area contributed by atoms with Crippen LogP contribution in [0, 0.1) is 0 Å². The van der Waals surface area contributed by atoms with Gasteiger partial charge in [-0.15, -0.1) is 11.3 Å². The Morgan fingerprint density at radius 3 is 3.05 bits per heavy atom. The van der Waals surface area contributed by atoms with Crippen molar-refractivity contribution in [3.05, 3.63) is 23.4 Å². The Kier molecular flexibility index (Phi) is 5.43. The standard InChI is InChI=1S/C13H18N4O3S/c1-9(12(14)18)17(5-6-19-2)8-11-15-13(16-20-11)10-4-3-7-21-10/h3-4,7,9H,5-6,8H2,1-2H3,(H2,14,18). The number of nitrogens with zero attached hydrogens (tertiary/aromatic N) is 3. The summed E-state index contributed by atoms with van der Waals surface area (Å²) in [6, 6.07) is 3.42. The molecular formula is C13H18N4O3S. The van der Waals surface area contributed by atoms with Crippen LogP contribution in [0.25, 0.3) is 10.7 Å². The van der Waals surface area contributed by atoms with Gasteiger partial charge >= 0.3 is 0 Å². The molecule has 21 heavy (non-hydrogen) atoms. The van der Waals surface area contributed by atoms with E-state index in [4.69, 9.17) is 15.0 Å². The molecule has 0 aliphatic carbocycles. The van der Waals surface area contributed by atoms with Gasteiger partial charge in [-0.3, -0.25) is 9.69 Å². The van der Waals surface area contributed by atoms with Crippen molar-refractivity contribution in [2.75, 3.05) is 20.3 Å². The van der Waals surface area contributed by atoms with Crippen LogP contribution in [0.3, 0.4) is 0 Å². The number of primary amides is 1. The van der Waals surface area contributed by atoms with Crippen molar-refractivity contribution in [1.82, 2.24) is 15.0 Å². The van der Waals surface area contributed by atoms with Crippen molar-refractivity contribution in [2.45, 2.75) is 19.5 Å². The fourth-order valence-corrected chi connectivity index (χ4v) is 2.45. The number of amides is 1. The van der Waals surface area contributed by atoms with Gasteiger partial charge in [0.25, 0.3) is 0 Å². The van der Waals surface area contributed by atoms with E-state index < -0.39 is 11.9 Å². The molecule has 1 unspecified atom stereocenters. The van der Waals surface area contributed by atoms with Gasteiger partial charge in [0.05, 0.1) is 24.1 Å². The van der Waals surface area contributed by atoms with Crippen LogP contribution in [-0.2, 0) is 16.1 Å². The average Bonchev–Trinajstić information content (AvgIpc) is 3.13. The van der Waals surface area contributed by atoms with Crippen molar-refractivity contribution < 1.29 is 14.1 Å². The Balaban J connectivity index is 2.07. The highest BCUT2D eigenvalue weighted by Gasteiger charge is 2.21. The largest absolute Gasteiger partial charge is 0.383 e. The first kappa shape index (κ1) is 15.6. The molecule has 2 rings (SSSR count). The minimum atomic E-state index is -0.433. The molecule has 8 heteroatoms. The van der Waals surface area contributed by atoms with E-state index in [2.05, 4.69) is 10.1 Å². The molecule has 0 bridgehead atoms. The van der Waals surface area contributed by atoms with Crippen LogP contribution in [0.2, 0.25) is 0 Å².